The van der Waals surface area contributed by atoms with E-state index in [1.165, 1.54) is 0 Å². The van der Waals surface area contributed by atoms with E-state index in [2.05, 4.69) is 4.99 Å². The highest BCUT2D eigenvalue weighted by Crippen LogP contribution is 2.18. The minimum Gasteiger partial charge on any atom is -0.286 e. The summed E-state index contributed by atoms with van der Waals surface area (Å²) in [5.74, 6) is -1.21. The van der Waals surface area contributed by atoms with Crippen LogP contribution in [-0.2, 0) is 9.59 Å². The molecule has 0 fully saturated rings. The van der Waals surface area contributed by atoms with Gasteiger partial charge in [-0.15, -0.1) is 0 Å². The first-order valence-corrected chi connectivity index (χ1v) is 3.06. The molecule has 5 heteroatoms. The Morgan fingerprint density at radius 2 is 1.80 bits per heavy atom. The molecule has 0 aromatic carbocycles. The van der Waals surface area contributed by atoms with Crippen LogP contribution in [0.1, 0.15) is 0 Å². The molecular formula is C5HCl2NO2. The maximum Gasteiger partial charge on any atom is 0.290 e. The molecule has 0 bridgehead atoms. The van der Waals surface area contributed by atoms with E-state index in [-0.39, 0.29) is 10.1 Å². The molecule has 1 rings (SSSR count). The molecule has 1 aliphatic rings. The van der Waals surface area contributed by atoms with Gasteiger partial charge in [0.1, 0.15) is 10.1 Å². The number of rotatable bonds is 0. The molecule has 0 atom stereocenters. The van der Waals surface area contributed by atoms with Crippen molar-refractivity contribution in [2.24, 2.45) is 4.99 Å². The molecule has 1 aliphatic heterocycles. The molecular weight excluding hydrogens is 177 g/mol. The monoisotopic (exact) mass is 177 g/mol. The molecule has 0 saturated carbocycles. The van der Waals surface area contributed by atoms with Gasteiger partial charge in [0.25, 0.3) is 5.91 Å². The lowest BCUT2D eigenvalue weighted by Gasteiger charge is -1.99. The second-order valence-corrected chi connectivity index (χ2v) is 2.31. The summed E-state index contributed by atoms with van der Waals surface area (Å²) < 4.78 is 0. The molecule has 0 unspecified atom stereocenters. The quantitative estimate of drug-likeness (QED) is 0.552. The highest BCUT2D eigenvalue weighted by molar-refractivity contribution is 6.63. The predicted octanol–water partition coefficient (Wildman–Crippen LogP) is 0.856. The van der Waals surface area contributed by atoms with Crippen LogP contribution in [0.5, 0.6) is 0 Å². The smallest absolute Gasteiger partial charge is 0.286 e. The first-order chi connectivity index (χ1) is 4.63. The van der Waals surface area contributed by atoms with Crippen molar-refractivity contribution in [3.05, 3.63) is 10.1 Å². The number of Topliss-reactive ketones (excluding diaryl/α,β-unsaturated/α-hetero) is 1. The molecule has 0 aromatic heterocycles. The third-order valence-corrected chi connectivity index (χ3v) is 1.72. The van der Waals surface area contributed by atoms with Gasteiger partial charge in [0.2, 0.25) is 5.78 Å². The summed E-state index contributed by atoms with van der Waals surface area (Å²) in [5, 5.41) is -0.573. The topological polar surface area (TPSA) is 46.5 Å². The number of dihydropyridines is 1. The number of amides is 1. The van der Waals surface area contributed by atoms with Crippen molar-refractivity contribution < 1.29 is 9.59 Å². The molecule has 0 aromatic rings. The molecule has 0 radical (unpaired) electrons. The second-order valence-electron chi connectivity index (χ2n) is 1.56. The third kappa shape index (κ3) is 1.10. The Bertz CT molecular complexity index is 241. The summed E-state index contributed by atoms with van der Waals surface area (Å²) in [7, 11) is 0. The van der Waals surface area contributed by atoms with E-state index in [0.29, 0.717) is 0 Å². The third-order valence-electron chi connectivity index (χ3n) is 0.896. The minimum atomic E-state index is -0.675. The first kappa shape index (κ1) is 7.44. The fourth-order valence-corrected chi connectivity index (χ4v) is 0.704. The van der Waals surface area contributed by atoms with Gasteiger partial charge in [-0.2, -0.15) is 0 Å². The van der Waals surface area contributed by atoms with Crippen LogP contribution in [0.3, 0.4) is 0 Å². The molecule has 10 heavy (non-hydrogen) atoms. The number of nitrogens with zero attached hydrogens (tertiary/aromatic N) is 1. The largest absolute Gasteiger partial charge is 0.290 e. The van der Waals surface area contributed by atoms with Gasteiger partial charge in [-0.25, -0.2) is 4.99 Å². The van der Waals surface area contributed by atoms with Crippen LogP contribution in [0.25, 0.3) is 0 Å². The molecule has 52 valence electrons. The second kappa shape index (κ2) is 2.52. The summed E-state index contributed by atoms with van der Waals surface area (Å²) in [4.78, 5) is 24.3. The zero-order valence-corrected chi connectivity index (χ0v) is 6.11. The fraction of sp³-hybridized carbons (Fsp3) is 0. The maximum atomic E-state index is 10.6. The van der Waals surface area contributed by atoms with Crippen LogP contribution in [-0.4, -0.2) is 17.9 Å². The maximum absolute atomic E-state index is 10.6. The molecule has 1 amide bonds. The van der Waals surface area contributed by atoms with Crippen LogP contribution in [0, 0.1) is 0 Å². The zero-order chi connectivity index (χ0) is 7.72. The Hall–Kier alpha value is -0.670. The lowest BCUT2D eigenvalue weighted by atomic mass is 10.3. The molecule has 0 aliphatic carbocycles. The average Bonchev–Trinajstić information content (AvgIpc) is 1.93. The highest BCUT2D eigenvalue weighted by atomic mass is 35.5. The van der Waals surface area contributed by atoms with Crippen LogP contribution < -0.4 is 0 Å². The van der Waals surface area contributed by atoms with Crippen molar-refractivity contribution >= 4 is 41.1 Å². The van der Waals surface area contributed by atoms with Crippen molar-refractivity contribution in [1.82, 2.24) is 0 Å². The van der Waals surface area contributed by atoms with Gasteiger partial charge in [0.15, 0.2) is 0 Å². The van der Waals surface area contributed by atoms with Crippen LogP contribution in [0.4, 0.5) is 0 Å². The van der Waals surface area contributed by atoms with E-state index < -0.39 is 11.7 Å². The normalized spacial score (nSPS) is 18.6. The minimum absolute atomic E-state index is 0.262. The summed E-state index contributed by atoms with van der Waals surface area (Å²) in [6, 6.07) is 0. The average molecular weight is 178 g/mol. The van der Waals surface area contributed by atoms with Gasteiger partial charge in [-0.3, -0.25) is 9.59 Å². The zero-order valence-electron chi connectivity index (χ0n) is 4.60. The molecule has 0 spiro atoms. The molecule has 1 heterocycles. The fourth-order valence-electron chi connectivity index (χ4n) is 0.433. The van der Waals surface area contributed by atoms with E-state index in [1.54, 1.807) is 0 Å². The summed E-state index contributed by atoms with van der Waals surface area (Å²) in [5.41, 5.74) is 0. The van der Waals surface area contributed by atoms with Crippen LogP contribution in [0.2, 0.25) is 0 Å². The molecule has 3 nitrogen and oxygen atoms in total. The van der Waals surface area contributed by atoms with Crippen LogP contribution >= 0.6 is 23.2 Å². The van der Waals surface area contributed by atoms with E-state index in [0.717, 1.165) is 6.21 Å². The van der Waals surface area contributed by atoms with E-state index in [1.807, 2.05) is 0 Å². The summed E-state index contributed by atoms with van der Waals surface area (Å²) in [6.45, 7) is 0. The van der Waals surface area contributed by atoms with E-state index in [4.69, 9.17) is 23.2 Å². The van der Waals surface area contributed by atoms with Gasteiger partial charge < -0.3 is 0 Å². The van der Waals surface area contributed by atoms with E-state index in [9.17, 15) is 9.59 Å². The number of halogens is 2. The predicted molar refractivity (Wildman–Crippen MR) is 37.2 cm³/mol. The van der Waals surface area contributed by atoms with Gasteiger partial charge in [0.05, 0.1) is 6.21 Å². The standard InChI is InChI=1S/C5HCl2NO2/c6-3-2(9)1-8-5(10)4(3)7/h1H. The van der Waals surface area contributed by atoms with Gasteiger partial charge >= 0.3 is 0 Å². The van der Waals surface area contributed by atoms with Crippen molar-refractivity contribution in [2.45, 2.75) is 0 Å². The SMILES string of the molecule is O=C1C=NC(=O)C(Cl)=C1Cl. The highest BCUT2D eigenvalue weighted by Gasteiger charge is 2.20. The lowest BCUT2D eigenvalue weighted by Crippen LogP contribution is -2.11. The number of ketones is 1. The molecule has 0 saturated heterocycles. The van der Waals surface area contributed by atoms with Gasteiger partial charge in [-0.1, -0.05) is 23.2 Å². The van der Waals surface area contributed by atoms with Crippen molar-refractivity contribution in [1.29, 1.82) is 0 Å². The molecule has 0 N–H and O–H groups in total. The number of aliphatic imine (C=N–C) groups is 1. The first-order valence-electron chi connectivity index (χ1n) is 2.31. The number of carbonyl (C=O) groups is 2. The Kier molecular flexibility index (Phi) is 1.87. The van der Waals surface area contributed by atoms with Crippen molar-refractivity contribution in [3.8, 4) is 0 Å². The van der Waals surface area contributed by atoms with E-state index >= 15 is 0 Å². The number of hydrogen-bond acceptors (Lipinski definition) is 2. The number of hydrogen-bond donors (Lipinski definition) is 0. The Morgan fingerprint density at radius 3 is 2.30 bits per heavy atom. The Morgan fingerprint density at radius 1 is 1.20 bits per heavy atom. The number of carbonyl (C=O) groups excluding carboxylic acids is 2. The Balaban J connectivity index is 3.12. The summed E-state index contributed by atoms with van der Waals surface area (Å²) in [6.07, 6.45) is 0.844. The lowest BCUT2D eigenvalue weighted by molar-refractivity contribution is -0.115. The Labute approximate surface area is 66.3 Å². The van der Waals surface area contributed by atoms with Gasteiger partial charge in [-0.05, 0) is 0 Å². The van der Waals surface area contributed by atoms with Crippen molar-refractivity contribution in [3.63, 3.8) is 0 Å². The summed E-state index contributed by atoms with van der Waals surface area (Å²) >= 11 is 10.6. The van der Waals surface area contributed by atoms with Crippen LogP contribution in [0.15, 0.2) is 15.1 Å². The number of allylic oxidation sites excluding steroid dienone is 1. The van der Waals surface area contributed by atoms with Crippen molar-refractivity contribution in [2.75, 3.05) is 0 Å². The van der Waals surface area contributed by atoms with Gasteiger partial charge in [0, 0.05) is 0 Å².